The molecule has 0 N–H and O–H groups in total. The van der Waals surface area contributed by atoms with Gasteiger partial charge >= 0.3 is 0 Å². The maximum absolute atomic E-state index is 13.3. The van der Waals surface area contributed by atoms with Gasteiger partial charge in [-0.05, 0) is 71.1 Å². The molecule has 0 bridgehead atoms. The van der Waals surface area contributed by atoms with Gasteiger partial charge in [-0.1, -0.05) is 29.8 Å². The smallest absolute Gasteiger partial charge is 0.254 e. The zero-order valence-corrected chi connectivity index (χ0v) is 18.9. The second-order valence-electron chi connectivity index (χ2n) is 7.71. The number of ether oxygens (including phenoxy) is 2. The van der Waals surface area contributed by atoms with Crippen LogP contribution in [-0.2, 0) is 17.7 Å². The molecule has 31 heavy (non-hydrogen) atoms. The number of rotatable bonds is 9. The number of carbonyl (C=O) groups is 1. The zero-order chi connectivity index (χ0) is 21.5. The fourth-order valence-corrected chi connectivity index (χ4v) is 4.63. The predicted octanol–water partition coefficient (Wildman–Crippen LogP) is 5.84. The fraction of sp³-hybridized carbons (Fsp3) is 0.320. The maximum Gasteiger partial charge on any atom is 0.254 e. The average molecular weight is 456 g/mol. The molecule has 1 aliphatic rings. The Balaban J connectivity index is 1.44. The molecule has 2 heterocycles. The van der Waals surface area contributed by atoms with Gasteiger partial charge in [-0.15, -0.1) is 0 Å². The molecule has 2 aromatic carbocycles. The number of thiophene rings is 1. The van der Waals surface area contributed by atoms with Crippen LogP contribution in [0.3, 0.4) is 0 Å². The number of nitrogens with zero attached hydrogens (tertiary/aromatic N) is 1. The van der Waals surface area contributed by atoms with Gasteiger partial charge in [0.25, 0.3) is 5.91 Å². The van der Waals surface area contributed by atoms with Gasteiger partial charge in [0.05, 0.1) is 12.7 Å². The van der Waals surface area contributed by atoms with Gasteiger partial charge in [0.15, 0.2) is 0 Å². The molecule has 1 saturated heterocycles. The molecule has 0 radical (unpaired) electrons. The highest BCUT2D eigenvalue weighted by Crippen LogP contribution is 2.21. The molecule has 1 aromatic heterocycles. The Labute approximate surface area is 192 Å². The van der Waals surface area contributed by atoms with E-state index in [1.807, 2.05) is 35.2 Å². The highest BCUT2D eigenvalue weighted by molar-refractivity contribution is 7.07. The third-order valence-electron chi connectivity index (χ3n) is 5.32. The van der Waals surface area contributed by atoms with Crippen molar-refractivity contribution in [3.63, 3.8) is 0 Å². The summed E-state index contributed by atoms with van der Waals surface area (Å²) in [5.41, 5.74) is 2.91. The van der Waals surface area contributed by atoms with Crippen LogP contribution in [0.25, 0.3) is 0 Å². The van der Waals surface area contributed by atoms with Crippen LogP contribution < -0.4 is 4.74 Å². The number of amides is 1. The Morgan fingerprint density at radius 1 is 1.16 bits per heavy atom. The third-order valence-corrected chi connectivity index (χ3v) is 6.29. The van der Waals surface area contributed by atoms with Crippen molar-refractivity contribution in [1.29, 1.82) is 0 Å². The van der Waals surface area contributed by atoms with E-state index >= 15 is 0 Å². The quantitative estimate of drug-likeness (QED) is 0.406. The Morgan fingerprint density at radius 2 is 2.06 bits per heavy atom. The number of carbonyl (C=O) groups excluding carboxylic acids is 1. The lowest BCUT2D eigenvalue weighted by molar-refractivity contribution is 0.0507. The molecule has 6 heteroatoms. The molecule has 0 spiro atoms. The minimum Gasteiger partial charge on any atom is -0.493 e. The lowest BCUT2D eigenvalue weighted by atomic mass is 10.1. The van der Waals surface area contributed by atoms with Crippen molar-refractivity contribution in [3.8, 4) is 5.75 Å². The molecular weight excluding hydrogens is 430 g/mol. The van der Waals surface area contributed by atoms with Gasteiger partial charge in [-0.2, -0.15) is 11.3 Å². The highest BCUT2D eigenvalue weighted by Gasteiger charge is 2.24. The van der Waals surface area contributed by atoms with Crippen molar-refractivity contribution in [2.24, 2.45) is 0 Å². The van der Waals surface area contributed by atoms with Crippen molar-refractivity contribution < 1.29 is 14.3 Å². The van der Waals surface area contributed by atoms with Crippen LogP contribution in [0.4, 0.5) is 0 Å². The number of benzene rings is 2. The standard InChI is InChI=1S/C25H26ClNO3S/c26-22-6-2-5-21(15-22)25(28)27(17-24-8-3-11-29-24)16-20-4-1-7-23(14-20)30-12-9-19-10-13-31-18-19/h1-2,4-7,10,13-15,18,24H,3,8-9,11-12,16-17H2/t24-/m0/s1. The summed E-state index contributed by atoms with van der Waals surface area (Å²) in [6, 6.07) is 17.2. The second-order valence-corrected chi connectivity index (χ2v) is 8.92. The Morgan fingerprint density at radius 3 is 2.84 bits per heavy atom. The molecule has 1 aliphatic heterocycles. The lowest BCUT2D eigenvalue weighted by Crippen LogP contribution is -2.37. The summed E-state index contributed by atoms with van der Waals surface area (Å²) >= 11 is 7.82. The van der Waals surface area contributed by atoms with Gasteiger partial charge in [0.1, 0.15) is 5.75 Å². The average Bonchev–Trinajstić information content (AvgIpc) is 3.47. The van der Waals surface area contributed by atoms with Crippen LogP contribution in [0.5, 0.6) is 5.75 Å². The number of halogens is 1. The first-order valence-electron chi connectivity index (χ1n) is 10.6. The predicted molar refractivity (Wildman–Crippen MR) is 125 cm³/mol. The molecule has 1 atom stereocenters. The van der Waals surface area contributed by atoms with E-state index in [0.29, 0.717) is 30.3 Å². The lowest BCUT2D eigenvalue weighted by Gasteiger charge is -2.26. The summed E-state index contributed by atoms with van der Waals surface area (Å²) in [5.74, 6) is 0.779. The van der Waals surface area contributed by atoms with Gasteiger partial charge < -0.3 is 14.4 Å². The first-order chi connectivity index (χ1) is 15.2. The first kappa shape index (κ1) is 21.9. The Bertz CT molecular complexity index is 986. The van der Waals surface area contributed by atoms with Crippen LogP contribution in [-0.4, -0.2) is 36.7 Å². The van der Waals surface area contributed by atoms with E-state index in [-0.39, 0.29) is 12.0 Å². The van der Waals surface area contributed by atoms with Crippen LogP contribution in [0.2, 0.25) is 5.02 Å². The normalized spacial score (nSPS) is 15.7. The van der Waals surface area contributed by atoms with E-state index in [0.717, 1.165) is 37.2 Å². The van der Waals surface area contributed by atoms with Crippen molar-refractivity contribution in [1.82, 2.24) is 4.90 Å². The Hall–Kier alpha value is -2.34. The second kappa shape index (κ2) is 10.8. The van der Waals surface area contributed by atoms with Crippen molar-refractivity contribution in [3.05, 3.63) is 87.1 Å². The minimum atomic E-state index is -0.0400. The summed E-state index contributed by atoms with van der Waals surface area (Å²) in [6.07, 6.45) is 2.97. The van der Waals surface area contributed by atoms with E-state index in [1.165, 1.54) is 5.56 Å². The maximum atomic E-state index is 13.3. The van der Waals surface area contributed by atoms with E-state index in [1.54, 1.807) is 29.5 Å². The largest absolute Gasteiger partial charge is 0.493 e. The van der Waals surface area contributed by atoms with Crippen molar-refractivity contribution in [2.45, 2.75) is 31.9 Å². The van der Waals surface area contributed by atoms with Crippen LogP contribution in [0.1, 0.15) is 34.3 Å². The van der Waals surface area contributed by atoms with Crippen LogP contribution in [0, 0.1) is 0 Å². The molecule has 4 nitrogen and oxygen atoms in total. The molecule has 0 unspecified atom stereocenters. The summed E-state index contributed by atoms with van der Waals surface area (Å²) < 4.78 is 11.8. The molecule has 3 aromatic rings. The summed E-state index contributed by atoms with van der Waals surface area (Å²) in [7, 11) is 0. The highest BCUT2D eigenvalue weighted by atomic mass is 35.5. The van der Waals surface area contributed by atoms with Crippen LogP contribution >= 0.6 is 22.9 Å². The number of hydrogen-bond acceptors (Lipinski definition) is 4. The molecule has 1 amide bonds. The fourth-order valence-electron chi connectivity index (χ4n) is 3.73. The van der Waals surface area contributed by atoms with E-state index < -0.39 is 0 Å². The molecule has 0 aliphatic carbocycles. The number of hydrogen-bond donors (Lipinski definition) is 0. The van der Waals surface area contributed by atoms with Crippen molar-refractivity contribution in [2.75, 3.05) is 19.8 Å². The zero-order valence-electron chi connectivity index (χ0n) is 17.3. The molecule has 162 valence electrons. The van der Waals surface area contributed by atoms with Crippen LogP contribution in [0.15, 0.2) is 65.4 Å². The minimum absolute atomic E-state index is 0.0400. The molecule has 4 rings (SSSR count). The first-order valence-corrected chi connectivity index (χ1v) is 11.9. The van der Waals surface area contributed by atoms with Gasteiger partial charge in [0, 0.05) is 36.7 Å². The summed E-state index contributed by atoms with van der Waals surface area (Å²) in [4.78, 5) is 15.1. The molecular formula is C25H26ClNO3S. The Kier molecular flexibility index (Phi) is 7.62. The molecule has 0 saturated carbocycles. The molecule has 1 fully saturated rings. The van der Waals surface area contributed by atoms with E-state index in [2.05, 4.69) is 16.8 Å². The van der Waals surface area contributed by atoms with E-state index in [4.69, 9.17) is 21.1 Å². The van der Waals surface area contributed by atoms with Gasteiger partial charge in [-0.25, -0.2) is 0 Å². The van der Waals surface area contributed by atoms with Crippen molar-refractivity contribution >= 4 is 28.8 Å². The SMILES string of the molecule is O=C(c1cccc(Cl)c1)N(Cc1cccc(OCCc2ccsc2)c1)C[C@@H]1CCCO1. The van der Waals surface area contributed by atoms with E-state index in [9.17, 15) is 4.79 Å². The summed E-state index contributed by atoms with van der Waals surface area (Å²) in [5, 5.41) is 4.78. The monoisotopic (exact) mass is 455 g/mol. The summed E-state index contributed by atoms with van der Waals surface area (Å²) in [6.45, 7) is 2.44. The topological polar surface area (TPSA) is 38.8 Å². The van der Waals surface area contributed by atoms with Gasteiger partial charge in [-0.3, -0.25) is 4.79 Å². The third kappa shape index (κ3) is 6.33. The van der Waals surface area contributed by atoms with Gasteiger partial charge in [0.2, 0.25) is 0 Å².